The molecule has 6 nitrogen and oxygen atoms in total. The number of benzene rings is 1. The zero-order valence-corrected chi connectivity index (χ0v) is 11.1. The Hall–Kier alpha value is -2.11. The highest BCUT2D eigenvalue weighted by Gasteiger charge is 2.38. The number of rotatable bonds is 4. The summed E-state index contributed by atoms with van der Waals surface area (Å²) < 4.78 is 7.09. The fourth-order valence-electron chi connectivity index (χ4n) is 2.10. The minimum absolute atomic E-state index is 0.349. The number of methoxy groups -OCH3 is 1. The Morgan fingerprint density at radius 1 is 1.42 bits per heavy atom. The molecule has 0 saturated heterocycles. The SMILES string of the molecule is COc1cc(-c2nnnn2CC2(C)CC2)ccc1N. The first-order valence-corrected chi connectivity index (χ1v) is 6.31. The van der Waals surface area contributed by atoms with Crippen molar-refractivity contribution in [2.75, 3.05) is 12.8 Å². The molecule has 1 aliphatic rings. The molecular weight excluding hydrogens is 242 g/mol. The van der Waals surface area contributed by atoms with Gasteiger partial charge in [0.1, 0.15) is 5.75 Å². The molecule has 2 aromatic rings. The van der Waals surface area contributed by atoms with Crippen molar-refractivity contribution in [3.05, 3.63) is 18.2 Å². The summed E-state index contributed by atoms with van der Waals surface area (Å²) in [6.45, 7) is 3.10. The Kier molecular flexibility index (Phi) is 2.66. The van der Waals surface area contributed by atoms with Gasteiger partial charge in [-0.25, -0.2) is 4.68 Å². The maximum atomic E-state index is 5.82. The van der Waals surface area contributed by atoms with Crippen LogP contribution in [0.15, 0.2) is 18.2 Å². The Morgan fingerprint density at radius 2 is 2.21 bits per heavy atom. The maximum absolute atomic E-state index is 5.82. The summed E-state index contributed by atoms with van der Waals surface area (Å²) in [4.78, 5) is 0. The zero-order valence-electron chi connectivity index (χ0n) is 11.1. The standard InChI is InChI=1S/C13H17N5O/c1-13(5-6-13)8-18-12(15-16-17-18)9-3-4-10(14)11(7-9)19-2/h3-4,7H,5-6,8,14H2,1-2H3. The van der Waals surface area contributed by atoms with Crippen molar-refractivity contribution >= 4 is 5.69 Å². The molecule has 0 spiro atoms. The van der Waals surface area contributed by atoms with Crippen LogP contribution in [0.3, 0.4) is 0 Å². The first-order valence-electron chi connectivity index (χ1n) is 6.31. The van der Waals surface area contributed by atoms with Gasteiger partial charge in [0, 0.05) is 5.56 Å². The molecule has 0 bridgehead atoms. The van der Waals surface area contributed by atoms with Gasteiger partial charge < -0.3 is 10.5 Å². The van der Waals surface area contributed by atoms with Crippen LogP contribution in [-0.4, -0.2) is 27.3 Å². The number of nitrogen functional groups attached to an aromatic ring is 1. The fraction of sp³-hybridized carbons (Fsp3) is 0.462. The van der Waals surface area contributed by atoms with Gasteiger partial charge >= 0.3 is 0 Å². The summed E-state index contributed by atoms with van der Waals surface area (Å²) in [5, 5.41) is 12.0. The first-order chi connectivity index (χ1) is 9.11. The first kappa shape index (κ1) is 12.0. The van der Waals surface area contributed by atoms with Crippen LogP contribution >= 0.6 is 0 Å². The van der Waals surface area contributed by atoms with Crippen molar-refractivity contribution in [2.45, 2.75) is 26.3 Å². The van der Waals surface area contributed by atoms with Crippen LogP contribution in [0, 0.1) is 5.41 Å². The third-order valence-electron chi connectivity index (χ3n) is 3.66. The number of ether oxygens (including phenoxy) is 1. The molecule has 19 heavy (non-hydrogen) atoms. The topological polar surface area (TPSA) is 78.9 Å². The molecule has 1 aromatic carbocycles. The van der Waals surface area contributed by atoms with Gasteiger partial charge in [0.15, 0.2) is 5.82 Å². The average Bonchev–Trinajstić information content (AvgIpc) is 2.95. The number of hydrogen-bond acceptors (Lipinski definition) is 5. The van der Waals surface area contributed by atoms with Crippen molar-refractivity contribution in [1.29, 1.82) is 0 Å². The molecule has 6 heteroatoms. The van der Waals surface area contributed by atoms with Crippen LogP contribution in [-0.2, 0) is 6.54 Å². The van der Waals surface area contributed by atoms with E-state index in [-0.39, 0.29) is 0 Å². The van der Waals surface area contributed by atoms with Crippen molar-refractivity contribution in [2.24, 2.45) is 5.41 Å². The van der Waals surface area contributed by atoms with Gasteiger partial charge in [-0.05, 0) is 46.9 Å². The van der Waals surface area contributed by atoms with Crippen LogP contribution in [0.2, 0.25) is 0 Å². The molecule has 2 N–H and O–H groups in total. The monoisotopic (exact) mass is 259 g/mol. The van der Waals surface area contributed by atoms with Crippen LogP contribution in [0.25, 0.3) is 11.4 Å². The van der Waals surface area contributed by atoms with Crippen LogP contribution in [0.5, 0.6) is 5.75 Å². The highest BCUT2D eigenvalue weighted by molar-refractivity contribution is 5.65. The second kappa shape index (κ2) is 4.22. The highest BCUT2D eigenvalue weighted by Crippen LogP contribution is 2.46. The summed E-state index contributed by atoms with van der Waals surface area (Å²) in [5.74, 6) is 1.40. The molecule has 1 saturated carbocycles. The molecule has 0 radical (unpaired) electrons. The number of tetrazole rings is 1. The summed E-state index contributed by atoms with van der Waals surface area (Å²) >= 11 is 0. The predicted molar refractivity (Wildman–Crippen MR) is 71.6 cm³/mol. The zero-order chi connectivity index (χ0) is 13.5. The van der Waals surface area contributed by atoms with Gasteiger partial charge in [-0.15, -0.1) is 5.10 Å². The quantitative estimate of drug-likeness (QED) is 0.846. The van der Waals surface area contributed by atoms with Gasteiger partial charge in [0.2, 0.25) is 0 Å². The smallest absolute Gasteiger partial charge is 0.182 e. The highest BCUT2D eigenvalue weighted by atomic mass is 16.5. The molecule has 0 amide bonds. The third-order valence-corrected chi connectivity index (χ3v) is 3.66. The van der Waals surface area contributed by atoms with E-state index in [4.69, 9.17) is 10.5 Å². The Bertz CT molecular complexity index is 603. The van der Waals surface area contributed by atoms with Crippen molar-refractivity contribution in [1.82, 2.24) is 20.2 Å². The van der Waals surface area contributed by atoms with E-state index in [9.17, 15) is 0 Å². The largest absolute Gasteiger partial charge is 0.495 e. The molecule has 0 atom stereocenters. The molecule has 0 unspecified atom stereocenters. The fourth-order valence-corrected chi connectivity index (χ4v) is 2.10. The number of aromatic nitrogens is 4. The second-order valence-corrected chi connectivity index (χ2v) is 5.43. The molecule has 3 rings (SSSR count). The van der Waals surface area contributed by atoms with Crippen molar-refractivity contribution in [3.8, 4) is 17.1 Å². The van der Waals surface area contributed by atoms with Crippen molar-refractivity contribution in [3.63, 3.8) is 0 Å². The summed E-state index contributed by atoms with van der Waals surface area (Å²) in [6.07, 6.45) is 2.47. The minimum atomic E-state index is 0.349. The number of nitrogens with two attached hydrogens (primary N) is 1. The lowest BCUT2D eigenvalue weighted by atomic mass is 10.1. The predicted octanol–water partition coefficient (Wildman–Crippen LogP) is 1.73. The summed E-state index contributed by atoms with van der Waals surface area (Å²) in [5.41, 5.74) is 7.70. The van der Waals surface area contributed by atoms with E-state index in [2.05, 4.69) is 22.4 Å². The van der Waals surface area contributed by atoms with Gasteiger partial charge in [0.25, 0.3) is 0 Å². The molecule has 1 heterocycles. The third kappa shape index (κ3) is 2.25. The van der Waals surface area contributed by atoms with Crippen LogP contribution < -0.4 is 10.5 Å². The summed E-state index contributed by atoms with van der Waals surface area (Å²) in [7, 11) is 1.60. The lowest BCUT2D eigenvalue weighted by molar-refractivity contribution is 0.416. The molecule has 1 aliphatic carbocycles. The summed E-state index contributed by atoms with van der Waals surface area (Å²) in [6, 6.07) is 5.59. The normalized spacial score (nSPS) is 16.3. The average molecular weight is 259 g/mol. The lowest BCUT2D eigenvalue weighted by Gasteiger charge is -2.11. The van der Waals surface area contributed by atoms with E-state index in [0.29, 0.717) is 16.9 Å². The van der Waals surface area contributed by atoms with Gasteiger partial charge in [-0.2, -0.15) is 0 Å². The van der Waals surface area contributed by atoms with E-state index >= 15 is 0 Å². The van der Waals surface area contributed by atoms with E-state index < -0.39 is 0 Å². The number of anilines is 1. The van der Waals surface area contributed by atoms with E-state index in [0.717, 1.165) is 17.9 Å². The minimum Gasteiger partial charge on any atom is -0.495 e. The second-order valence-electron chi connectivity index (χ2n) is 5.43. The van der Waals surface area contributed by atoms with Crippen LogP contribution in [0.4, 0.5) is 5.69 Å². The Morgan fingerprint density at radius 3 is 2.89 bits per heavy atom. The lowest BCUT2D eigenvalue weighted by Crippen LogP contribution is -2.11. The maximum Gasteiger partial charge on any atom is 0.182 e. The molecule has 1 fully saturated rings. The Labute approximate surface area is 111 Å². The van der Waals surface area contributed by atoms with Gasteiger partial charge in [0.05, 0.1) is 19.3 Å². The van der Waals surface area contributed by atoms with Gasteiger partial charge in [-0.1, -0.05) is 6.92 Å². The molecule has 1 aromatic heterocycles. The van der Waals surface area contributed by atoms with E-state index in [1.165, 1.54) is 12.8 Å². The van der Waals surface area contributed by atoms with Crippen LogP contribution in [0.1, 0.15) is 19.8 Å². The molecule has 100 valence electrons. The molecule has 0 aliphatic heterocycles. The van der Waals surface area contributed by atoms with E-state index in [1.807, 2.05) is 22.9 Å². The number of nitrogens with zero attached hydrogens (tertiary/aromatic N) is 4. The molecular formula is C13H17N5O. The van der Waals surface area contributed by atoms with Gasteiger partial charge in [-0.3, -0.25) is 0 Å². The number of hydrogen-bond donors (Lipinski definition) is 1. The Balaban J connectivity index is 1.95. The van der Waals surface area contributed by atoms with E-state index in [1.54, 1.807) is 7.11 Å². The van der Waals surface area contributed by atoms with Crippen molar-refractivity contribution < 1.29 is 4.74 Å².